The molecule has 0 unspecified atom stereocenters. The second-order valence-corrected chi connectivity index (χ2v) is 6.41. The minimum Gasteiger partial charge on any atom is -0.461 e. The van der Waals surface area contributed by atoms with E-state index in [1.54, 1.807) is 19.1 Å². The maximum atomic E-state index is 12.3. The highest BCUT2D eigenvalue weighted by Crippen LogP contribution is 2.20. The summed E-state index contributed by atoms with van der Waals surface area (Å²) in [5.41, 5.74) is 2.64. The third kappa shape index (κ3) is 3.62. The average Bonchev–Trinajstić information content (AvgIpc) is 2.96. The zero-order valence-corrected chi connectivity index (χ0v) is 13.8. The minimum atomic E-state index is -0.996. The third-order valence-corrected chi connectivity index (χ3v) is 4.74. The molecule has 0 saturated heterocycles. The second-order valence-electron chi connectivity index (χ2n) is 6.41. The van der Waals surface area contributed by atoms with Gasteiger partial charge < -0.3 is 19.7 Å². The van der Waals surface area contributed by atoms with Crippen LogP contribution in [-0.4, -0.2) is 36.7 Å². The van der Waals surface area contributed by atoms with Crippen LogP contribution in [0.5, 0.6) is 0 Å². The molecule has 0 atom stereocenters. The number of rotatable bonds is 4. The van der Waals surface area contributed by atoms with Gasteiger partial charge in [0.25, 0.3) is 5.91 Å². The van der Waals surface area contributed by atoms with Gasteiger partial charge in [0.1, 0.15) is 12.6 Å². The molecule has 128 valence electrons. The lowest BCUT2D eigenvalue weighted by Crippen LogP contribution is -2.36. The summed E-state index contributed by atoms with van der Waals surface area (Å²) >= 11 is 0. The lowest BCUT2D eigenvalue weighted by atomic mass is 9.75. The van der Waals surface area contributed by atoms with E-state index >= 15 is 0 Å². The summed E-state index contributed by atoms with van der Waals surface area (Å²) in [5, 5.41) is 12.4. The first kappa shape index (κ1) is 17.0. The van der Waals surface area contributed by atoms with Crippen molar-refractivity contribution < 1.29 is 24.0 Å². The Labute approximate surface area is 141 Å². The van der Waals surface area contributed by atoms with E-state index in [4.69, 9.17) is 9.39 Å². The number of hydrogen-bond acceptors (Lipinski definition) is 5. The van der Waals surface area contributed by atoms with Gasteiger partial charge in [-0.05, 0) is 55.3 Å². The summed E-state index contributed by atoms with van der Waals surface area (Å²) in [6, 6.07) is 3.46. The lowest BCUT2D eigenvalue weighted by Gasteiger charge is -2.21. The summed E-state index contributed by atoms with van der Waals surface area (Å²) < 4.78 is 10.6. The molecule has 0 spiro atoms. The fourth-order valence-corrected chi connectivity index (χ4v) is 3.41. The summed E-state index contributed by atoms with van der Waals surface area (Å²) in [4.78, 5) is 24.2. The van der Waals surface area contributed by atoms with Crippen LogP contribution >= 0.6 is 0 Å². The maximum Gasteiger partial charge on any atom is 0.492 e. The van der Waals surface area contributed by atoms with E-state index in [-0.39, 0.29) is 18.6 Å². The molecule has 2 N–H and O–H groups in total. The molecule has 1 fully saturated rings. The smallest absolute Gasteiger partial charge is 0.461 e. The molecule has 1 amide bonds. The van der Waals surface area contributed by atoms with E-state index in [0.717, 1.165) is 31.2 Å². The van der Waals surface area contributed by atoms with Gasteiger partial charge in [0.05, 0.1) is 6.61 Å². The standard InChI is InChI=1S/C17H22BNO5/c1-11-14(8-7-12-10-23-18(22)16(11)12)17(21)19-9-15(20)24-13-5-3-2-4-6-13/h7-8,13,22H,2-6,9-10H2,1H3,(H,19,21). The number of amides is 1. The van der Waals surface area contributed by atoms with Crippen LogP contribution in [0.2, 0.25) is 0 Å². The molecule has 0 aromatic heterocycles. The molecule has 0 bridgehead atoms. The van der Waals surface area contributed by atoms with E-state index < -0.39 is 13.1 Å². The molecule has 1 aliphatic carbocycles. The number of benzene rings is 1. The van der Waals surface area contributed by atoms with Gasteiger partial charge >= 0.3 is 13.1 Å². The van der Waals surface area contributed by atoms with Gasteiger partial charge in [-0.15, -0.1) is 0 Å². The molecular weight excluding hydrogens is 309 g/mol. The first-order valence-electron chi connectivity index (χ1n) is 8.46. The molecular formula is C17H22BNO5. The van der Waals surface area contributed by atoms with Gasteiger partial charge in [0.2, 0.25) is 0 Å². The number of hydrogen-bond donors (Lipinski definition) is 2. The van der Waals surface area contributed by atoms with Gasteiger partial charge in [0.15, 0.2) is 0 Å². The Balaban J connectivity index is 1.57. The highest BCUT2D eigenvalue weighted by atomic mass is 16.5. The van der Waals surface area contributed by atoms with Crippen LogP contribution in [0.1, 0.15) is 53.6 Å². The van der Waals surface area contributed by atoms with Crippen molar-refractivity contribution in [2.75, 3.05) is 6.54 Å². The van der Waals surface area contributed by atoms with Gasteiger partial charge in [0, 0.05) is 5.56 Å². The quantitative estimate of drug-likeness (QED) is 0.630. The Hall–Kier alpha value is -1.86. The first-order chi connectivity index (χ1) is 11.6. The molecule has 1 aromatic rings. The normalized spacial score (nSPS) is 17.5. The van der Waals surface area contributed by atoms with E-state index in [1.165, 1.54) is 6.42 Å². The summed E-state index contributed by atoms with van der Waals surface area (Å²) in [6.45, 7) is 1.96. The van der Waals surface area contributed by atoms with Crippen LogP contribution in [-0.2, 0) is 20.8 Å². The van der Waals surface area contributed by atoms with Gasteiger partial charge in [-0.2, -0.15) is 0 Å². The summed E-state index contributed by atoms with van der Waals surface area (Å²) in [7, 11) is -0.996. The lowest BCUT2D eigenvalue weighted by molar-refractivity contribution is -0.149. The van der Waals surface area contributed by atoms with E-state index in [2.05, 4.69) is 5.32 Å². The van der Waals surface area contributed by atoms with E-state index in [9.17, 15) is 14.6 Å². The van der Waals surface area contributed by atoms with Crippen LogP contribution < -0.4 is 10.8 Å². The zero-order chi connectivity index (χ0) is 17.1. The van der Waals surface area contributed by atoms with Gasteiger partial charge in [-0.25, -0.2) is 0 Å². The monoisotopic (exact) mass is 331 g/mol. The molecule has 1 aliphatic heterocycles. The van der Waals surface area contributed by atoms with Crippen LogP contribution in [0.3, 0.4) is 0 Å². The third-order valence-electron chi connectivity index (χ3n) is 4.74. The number of carbonyl (C=O) groups excluding carboxylic acids is 2. The molecule has 6 nitrogen and oxygen atoms in total. The van der Waals surface area contributed by atoms with Gasteiger partial charge in [-0.1, -0.05) is 12.5 Å². The SMILES string of the molecule is Cc1c(C(=O)NCC(=O)OC2CCCCC2)ccc2c1B(O)OC2. The molecule has 0 radical (unpaired) electrons. The van der Waals surface area contributed by atoms with Crippen molar-refractivity contribution in [2.24, 2.45) is 0 Å². The maximum absolute atomic E-state index is 12.3. The predicted octanol–water partition coefficient (Wildman–Crippen LogP) is 0.818. The van der Waals surface area contributed by atoms with Crippen LogP contribution in [0, 0.1) is 6.92 Å². The van der Waals surface area contributed by atoms with Gasteiger partial charge in [-0.3, -0.25) is 9.59 Å². The Bertz CT molecular complexity index is 642. The highest BCUT2D eigenvalue weighted by molar-refractivity contribution is 6.62. The van der Waals surface area contributed by atoms with Crippen molar-refractivity contribution in [1.82, 2.24) is 5.32 Å². The van der Waals surface area contributed by atoms with Crippen LogP contribution in [0.25, 0.3) is 0 Å². The van der Waals surface area contributed by atoms with Crippen molar-refractivity contribution in [3.63, 3.8) is 0 Å². The van der Waals surface area contributed by atoms with Crippen LogP contribution in [0.4, 0.5) is 0 Å². The fraction of sp³-hybridized carbons (Fsp3) is 0.529. The molecule has 1 aromatic carbocycles. The van der Waals surface area contributed by atoms with E-state index in [1.807, 2.05) is 0 Å². The summed E-state index contributed by atoms with van der Waals surface area (Å²) in [5.74, 6) is -0.757. The number of nitrogens with one attached hydrogen (secondary N) is 1. The molecule has 1 saturated carbocycles. The van der Waals surface area contributed by atoms with Crippen molar-refractivity contribution in [3.8, 4) is 0 Å². The molecule has 7 heteroatoms. The summed E-state index contributed by atoms with van der Waals surface area (Å²) in [6.07, 6.45) is 5.16. The topological polar surface area (TPSA) is 84.9 Å². The van der Waals surface area contributed by atoms with Crippen molar-refractivity contribution in [1.29, 1.82) is 0 Å². The highest BCUT2D eigenvalue weighted by Gasteiger charge is 2.31. The number of fused-ring (bicyclic) bond motifs is 1. The Kier molecular flexibility index (Phi) is 5.21. The molecule has 24 heavy (non-hydrogen) atoms. The average molecular weight is 331 g/mol. The zero-order valence-electron chi connectivity index (χ0n) is 13.8. The Morgan fingerprint density at radius 1 is 1.33 bits per heavy atom. The van der Waals surface area contributed by atoms with Crippen LogP contribution in [0.15, 0.2) is 12.1 Å². The fourth-order valence-electron chi connectivity index (χ4n) is 3.41. The molecule has 2 aliphatic rings. The number of ether oxygens (including phenoxy) is 1. The minimum absolute atomic E-state index is 0.0165. The largest absolute Gasteiger partial charge is 0.492 e. The molecule has 1 heterocycles. The van der Waals surface area contributed by atoms with Crippen molar-refractivity contribution >= 4 is 24.5 Å². The van der Waals surface area contributed by atoms with Crippen molar-refractivity contribution in [3.05, 3.63) is 28.8 Å². The molecule has 3 rings (SSSR count). The number of esters is 1. The predicted molar refractivity (Wildman–Crippen MR) is 88.9 cm³/mol. The Morgan fingerprint density at radius 3 is 2.83 bits per heavy atom. The Morgan fingerprint density at radius 2 is 2.08 bits per heavy atom. The van der Waals surface area contributed by atoms with Crippen molar-refractivity contribution in [2.45, 2.75) is 51.7 Å². The van der Waals surface area contributed by atoms with E-state index in [0.29, 0.717) is 23.2 Å². The second kappa shape index (κ2) is 7.36. The first-order valence-corrected chi connectivity index (χ1v) is 8.46. The number of carbonyl (C=O) groups is 2.